The molecule has 0 aromatic rings. The maximum absolute atomic E-state index is 11.9. The van der Waals surface area contributed by atoms with Gasteiger partial charge in [0.05, 0.1) is 28.9 Å². The zero-order valence-corrected chi connectivity index (χ0v) is 19.9. The Labute approximate surface area is 185 Å². The quantitative estimate of drug-likeness (QED) is 0.130. The number of carboxylic acids is 1. The van der Waals surface area contributed by atoms with Crippen LogP contribution in [0.5, 0.6) is 0 Å². The molecule has 0 atom stereocenters. The van der Waals surface area contributed by atoms with E-state index in [4.69, 9.17) is 15.5 Å². The fourth-order valence-electron chi connectivity index (χ4n) is 2.77. The van der Waals surface area contributed by atoms with E-state index >= 15 is 0 Å². The molecule has 0 amide bonds. The molecule has 31 heavy (non-hydrogen) atoms. The summed E-state index contributed by atoms with van der Waals surface area (Å²) < 4.78 is 0. The minimum absolute atomic E-state index is 0.0366. The van der Waals surface area contributed by atoms with Crippen molar-refractivity contribution in [3.05, 3.63) is 0 Å². The third-order valence-electron chi connectivity index (χ3n) is 5.65. The predicted octanol–water partition coefficient (Wildman–Crippen LogP) is 1.94. The first-order valence-electron chi connectivity index (χ1n) is 10.7. The van der Waals surface area contributed by atoms with Gasteiger partial charge in [-0.25, -0.2) is 0 Å². The molecule has 0 saturated heterocycles. The van der Waals surface area contributed by atoms with Gasteiger partial charge in [0, 0.05) is 39.0 Å². The summed E-state index contributed by atoms with van der Waals surface area (Å²) in [5.74, 6) is -0.994. The van der Waals surface area contributed by atoms with Crippen molar-refractivity contribution in [2.24, 2.45) is 10.3 Å². The van der Waals surface area contributed by atoms with Crippen LogP contribution in [0.3, 0.4) is 0 Å². The van der Waals surface area contributed by atoms with Crippen LogP contribution in [0.25, 0.3) is 0 Å². The van der Waals surface area contributed by atoms with Gasteiger partial charge in [0.2, 0.25) is 0 Å². The van der Waals surface area contributed by atoms with Crippen LogP contribution in [0.1, 0.15) is 67.2 Å². The van der Waals surface area contributed by atoms with Gasteiger partial charge in [-0.2, -0.15) is 0 Å². The van der Waals surface area contributed by atoms with Gasteiger partial charge in [0.1, 0.15) is 5.78 Å². The summed E-state index contributed by atoms with van der Waals surface area (Å²) >= 11 is 0. The fourth-order valence-corrected chi connectivity index (χ4v) is 2.77. The van der Waals surface area contributed by atoms with Crippen LogP contribution in [0.4, 0.5) is 0 Å². The van der Waals surface area contributed by atoms with Gasteiger partial charge in [0.25, 0.3) is 0 Å². The number of carboxylic acid groups (broad SMARTS) is 1. The van der Waals surface area contributed by atoms with Crippen molar-refractivity contribution in [1.82, 2.24) is 15.5 Å². The van der Waals surface area contributed by atoms with Gasteiger partial charge < -0.3 is 31.1 Å². The highest BCUT2D eigenvalue weighted by atomic mass is 16.4. The number of nitrogens with zero attached hydrogens (tertiary/aromatic N) is 3. The van der Waals surface area contributed by atoms with E-state index in [0.717, 1.165) is 13.1 Å². The Bertz CT molecular complexity index is 596. The number of Topliss-reactive ketones (excluding diaryl/α,β-unsaturated/α-hetero) is 1. The molecule has 0 aromatic carbocycles. The molecule has 0 spiro atoms. The van der Waals surface area contributed by atoms with Crippen molar-refractivity contribution in [1.29, 1.82) is 0 Å². The normalized spacial score (nSPS) is 13.6. The molecule has 0 aromatic heterocycles. The van der Waals surface area contributed by atoms with Crippen LogP contribution < -0.4 is 10.6 Å². The van der Waals surface area contributed by atoms with Gasteiger partial charge in [0.15, 0.2) is 0 Å². The fraction of sp³-hybridized carbons (Fsp3) is 0.810. The molecule has 0 aliphatic heterocycles. The van der Waals surface area contributed by atoms with E-state index < -0.39 is 17.0 Å². The lowest BCUT2D eigenvalue weighted by Crippen LogP contribution is -2.50. The summed E-state index contributed by atoms with van der Waals surface area (Å²) in [5, 5.41) is 40.0. The molecule has 0 heterocycles. The molecule has 0 radical (unpaired) electrons. The largest absolute Gasteiger partial charge is 0.481 e. The monoisotopic (exact) mass is 443 g/mol. The minimum atomic E-state index is -0.958. The third kappa shape index (κ3) is 12.4. The smallest absolute Gasteiger partial charge is 0.303 e. The van der Waals surface area contributed by atoms with Crippen LogP contribution in [0.2, 0.25) is 0 Å². The van der Waals surface area contributed by atoms with Crippen LogP contribution >= 0.6 is 0 Å². The highest BCUT2D eigenvalue weighted by Crippen LogP contribution is 2.07. The number of rotatable bonds is 17. The summed E-state index contributed by atoms with van der Waals surface area (Å²) in [6.45, 7) is 14.7. The summed E-state index contributed by atoms with van der Waals surface area (Å²) in [6, 6.07) is 0. The van der Waals surface area contributed by atoms with Crippen molar-refractivity contribution < 1.29 is 25.1 Å². The predicted molar refractivity (Wildman–Crippen MR) is 122 cm³/mol. The molecule has 0 bridgehead atoms. The van der Waals surface area contributed by atoms with Gasteiger partial charge >= 0.3 is 5.97 Å². The zero-order valence-electron chi connectivity index (χ0n) is 19.9. The molecule has 0 saturated carbocycles. The van der Waals surface area contributed by atoms with Gasteiger partial charge in [-0.1, -0.05) is 10.3 Å². The summed E-state index contributed by atoms with van der Waals surface area (Å²) in [7, 11) is 0. The maximum atomic E-state index is 11.9. The van der Waals surface area contributed by atoms with Crippen LogP contribution in [0, 0.1) is 0 Å². The van der Waals surface area contributed by atoms with Gasteiger partial charge in [-0.15, -0.1) is 0 Å². The van der Waals surface area contributed by atoms with Crippen molar-refractivity contribution in [3.8, 4) is 0 Å². The molecule has 0 aliphatic rings. The van der Waals surface area contributed by atoms with Crippen molar-refractivity contribution in [2.75, 3.05) is 32.7 Å². The number of nitrogens with one attached hydrogen (secondary N) is 2. The van der Waals surface area contributed by atoms with E-state index in [1.807, 2.05) is 27.7 Å². The first-order chi connectivity index (χ1) is 14.4. The van der Waals surface area contributed by atoms with Crippen LogP contribution in [-0.2, 0) is 9.59 Å². The summed E-state index contributed by atoms with van der Waals surface area (Å²) in [5.41, 5.74) is 0.292. The van der Waals surface area contributed by atoms with E-state index in [1.54, 1.807) is 13.8 Å². The summed E-state index contributed by atoms with van der Waals surface area (Å²) in [6.07, 6.45) is 0.951. The Morgan fingerprint density at radius 3 is 1.65 bits per heavy atom. The molecule has 10 nitrogen and oxygen atoms in total. The average molecular weight is 444 g/mol. The Balaban J connectivity index is 4.74. The standard InChI is InChI=1S/C21H41N5O5/c1-16(24-30)20(3,4)22-11-14-26(13-7-8-18(27)9-10-19(28)29)15-12-23-21(5,6)17(2)25-31/h22-23,30-31H,7-15H2,1-6H3,(H,28,29)/b24-16-,25-17-. The van der Waals surface area contributed by atoms with Crippen molar-refractivity contribution >= 4 is 23.2 Å². The summed E-state index contributed by atoms with van der Waals surface area (Å²) in [4.78, 5) is 24.7. The SMILES string of the molecule is C/C(=N/O)C(C)(C)NCCN(CCCC(=O)CCC(=O)O)CCNC(C)(C)/C(C)=N\O. The number of hydrogen-bond donors (Lipinski definition) is 5. The van der Waals surface area contributed by atoms with Gasteiger partial charge in [-0.05, 0) is 54.5 Å². The Morgan fingerprint density at radius 2 is 1.26 bits per heavy atom. The topological polar surface area (TPSA) is 147 Å². The first kappa shape index (κ1) is 29.0. The third-order valence-corrected chi connectivity index (χ3v) is 5.65. The number of aliphatic carboxylic acids is 1. The molecule has 5 N–H and O–H groups in total. The molecule has 0 unspecified atom stereocenters. The van der Waals surface area contributed by atoms with E-state index in [0.29, 0.717) is 43.9 Å². The van der Waals surface area contributed by atoms with Crippen molar-refractivity contribution in [2.45, 2.75) is 78.3 Å². The molecule has 0 fully saturated rings. The van der Waals surface area contributed by atoms with E-state index in [2.05, 4.69) is 25.8 Å². The molecule has 0 rings (SSSR count). The molecule has 180 valence electrons. The molecular weight excluding hydrogens is 402 g/mol. The second kappa shape index (κ2) is 14.1. The van der Waals surface area contributed by atoms with Crippen LogP contribution in [0.15, 0.2) is 10.3 Å². The second-order valence-electron chi connectivity index (χ2n) is 8.85. The van der Waals surface area contributed by atoms with E-state index in [-0.39, 0.29) is 18.6 Å². The minimum Gasteiger partial charge on any atom is -0.481 e. The highest BCUT2D eigenvalue weighted by molar-refractivity contribution is 5.90. The first-order valence-corrected chi connectivity index (χ1v) is 10.7. The number of hydrogen-bond acceptors (Lipinski definition) is 9. The average Bonchev–Trinajstić information content (AvgIpc) is 2.70. The van der Waals surface area contributed by atoms with E-state index in [9.17, 15) is 9.59 Å². The van der Waals surface area contributed by atoms with Crippen molar-refractivity contribution in [3.63, 3.8) is 0 Å². The zero-order chi connectivity index (χ0) is 24.1. The Morgan fingerprint density at radius 1 is 0.806 bits per heavy atom. The maximum Gasteiger partial charge on any atom is 0.303 e. The molecule has 10 heteroatoms. The number of oxime groups is 2. The highest BCUT2D eigenvalue weighted by Gasteiger charge is 2.23. The molecular formula is C21H41N5O5. The second-order valence-corrected chi connectivity index (χ2v) is 8.85. The Hall–Kier alpha value is -2.04. The lowest BCUT2D eigenvalue weighted by Gasteiger charge is -2.30. The van der Waals surface area contributed by atoms with E-state index in [1.165, 1.54) is 0 Å². The molecule has 0 aliphatic carbocycles. The number of ketones is 1. The lowest BCUT2D eigenvalue weighted by molar-refractivity contribution is -0.138. The lowest BCUT2D eigenvalue weighted by atomic mass is 9.99. The van der Waals surface area contributed by atoms with Crippen LogP contribution in [-0.4, -0.2) is 87.4 Å². The number of carbonyl (C=O) groups excluding carboxylic acids is 1. The number of carbonyl (C=O) groups is 2. The Kier molecular flexibility index (Phi) is 13.2. The van der Waals surface area contributed by atoms with Gasteiger partial charge in [-0.3, -0.25) is 9.59 Å².